The predicted octanol–water partition coefficient (Wildman–Crippen LogP) is 6.32. The minimum Gasteiger partial charge on any atom is -0.486 e. The van der Waals surface area contributed by atoms with Gasteiger partial charge in [0.25, 0.3) is 5.91 Å². The van der Waals surface area contributed by atoms with Gasteiger partial charge in [-0.3, -0.25) is 9.69 Å². The molecule has 4 rings (SSSR count). The number of amides is 1. The number of carbonyl (C=O) groups excluding carboxylic acids is 1. The lowest BCUT2D eigenvalue weighted by atomic mass is 10.1. The smallest absolute Gasteiger partial charge is 0.281 e. The van der Waals surface area contributed by atoms with Gasteiger partial charge in [0.05, 0.1) is 15.7 Å². The average Bonchev–Trinajstić information content (AvgIpc) is 2.98. The van der Waals surface area contributed by atoms with Crippen LogP contribution in [-0.4, -0.2) is 23.0 Å². The van der Waals surface area contributed by atoms with Gasteiger partial charge in [0, 0.05) is 12.6 Å². The van der Waals surface area contributed by atoms with Crippen molar-refractivity contribution in [2.75, 3.05) is 11.9 Å². The summed E-state index contributed by atoms with van der Waals surface area (Å²) in [6.45, 7) is -0.0198. The first-order chi connectivity index (χ1) is 15.4. The molecule has 3 aromatic rings. The van der Waals surface area contributed by atoms with Crippen LogP contribution in [0.5, 0.6) is 5.75 Å². The summed E-state index contributed by atoms with van der Waals surface area (Å²) in [4.78, 5) is 16.2. The van der Waals surface area contributed by atoms with Gasteiger partial charge in [-0.1, -0.05) is 59.6 Å². The number of carbonyl (C=O) groups is 1. The number of rotatable bonds is 5. The van der Waals surface area contributed by atoms with E-state index in [2.05, 4.69) is 0 Å². The van der Waals surface area contributed by atoms with E-state index >= 15 is 0 Å². The number of halogens is 3. The highest BCUT2D eigenvalue weighted by atomic mass is 35.5. The molecule has 0 spiro atoms. The minimum absolute atomic E-state index is 0.0198. The zero-order valence-corrected chi connectivity index (χ0v) is 19.2. The van der Waals surface area contributed by atoms with Crippen molar-refractivity contribution in [3.8, 4) is 5.75 Å². The molecule has 1 amide bonds. The largest absolute Gasteiger partial charge is 0.486 e. The molecule has 3 aromatic carbocycles. The van der Waals surface area contributed by atoms with Crippen LogP contribution in [0.15, 0.2) is 72.4 Å². The van der Waals surface area contributed by atoms with E-state index in [1.165, 1.54) is 11.0 Å². The molecule has 0 saturated carbocycles. The molecule has 8 heteroatoms. The molecule has 162 valence electrons. The van der Waals surface area contributed by atoms with Gasteiger partial charge in [0.15, 0.2) is 10.9 Å². The molecule has 0 aromatic heterocycles. The first-order valence-electron chi connectivity index (χ1n) is 9.61. The van der Waals surface area contributed by atoms with E-state index in [9.17, 15) is 9.18 Å². The monoisotopic (exact) mass is 486 g/mol. The highest BCUT2D eigenvalue weighted by Gasteiger charge is 2.36. The van der Waals surface area contributed by atoms with Crippen molar-refractivity contribution < 1.29 is 13.9 Å². The van der Waals surface area contributed by atoms with Crippen molar-refractivity contribution in [2.24, 2.45) is 0 Å². The zero-order chi connectivity index (χ0) is 22.8. The van der Waals surface area contributed by atoms with E-state index in [0.29, 0.717) is 27.6 Å². The highest BCUT2D eigenvalue weighted by molar-refractivity contribution is 7.80. The van der Waals surface area contributed by atoms with E-state index < -0.39 is 0 Å². The summed E-state index contributed by atoms with van der Waals surface area (Å²) in [5.41, 5.74) is 2.06. The number of likely N-dealkylation sites (N-methyl/N-ethyl adjacent to an activating group) is 1. The number of anilines is 1. The zero-order valence-electron chi connectivity index (χ0n) is 16.9. The third-order valence-electron chi connectivity index (χ3n) is 4.93. The first-order valence-corrected chi connectivity index (χ1v) is 10.8. The van der Waals surface area contributed by atoms with Crippen LogP contribution in [0.3, 0.4) is 0 Å². The van der Waals surface area contributed by atoms with Crippen molar-refractivity contribution in [3.63, 3.8) is 0 Å². The summed E-state index contributed by atoms with van der Waals surface area (Å²) >= 11 is 18.2. The standard InChI is InChI=1S/C24H17Cl2FN2O2S/c1-28-21(23(30)29(24(28)32)17-8-3-2-4-9-17)13-15-11-18(25)22(19(26)12-15)31-14-16-7-5-6-10-20(16)27/h2-13H,14H2,1H3/b21-13-. The molecular formula is C24H17Cl2FN2O2S. The Hall–Kier alpha value is -2.93. The molecule has 1 heterocycles. The molecule has 4 nitrogen and oxygen atoms in total. The molecular weight excluding hydrogens is 470 g/mol. The maximum atomic E-state index is 13.8. The third-order valence-corrected chi connectivity index (χ3v) is 5.95. The summed E-state index contributed by atoms with van der Waals surface area (Å²) in [6, 6.07) is 18.7. The number of hydrogen-bond acceptors (Lipinski definition) is 3. The summed E-state index contributed by atoms with van der Waals surface area (Å²) in [5, 5.41) is 0.863. The van der Waals surface area contributed by atoms with E-state index in [0.717, 1.165) is 0 Å². The molecule has 0 N–H and O–H groups in total. The number of thiocarbonyl (C=S) groups is 1. The summed E-state index contributed by atoms with van der Waals surface area (Å²) in [6.07, 6.45) is 1.66. The lowest BCUT2D eigenvalue weighted by Crippen LogP contribution is -2.30. The first kappa shape index (κ1) is 22.3. The van der Waals surface area contributed by atoms with E-state index in [-0.39, 0.29) is 34.1 Å². The Morgan fingerprint density at radius 3 is 2.31 bits per heavy atom. The average molecular weight is 487 g/mol. The van der Waals surface area contributed by atoms with E-state index in [1.807, 2.05) is 30.3 Å². The lowest BCUT2D eigenvalue weighted by Gasteiger charge is -2.16. The van der Waals surface area contributed by atoms with Crippen LogP contribution in [0, 0.1) is 5.82 Å². The molecule has 1 aliphatic rings. The summed E-state index contributed by atoms with van der Waals surface area (Å²) < 4.78 is 19.5. The summed E-state index contributed by atoms with van der Waals surface area (Å²) in [5.74, 6) is -0.384. The molecule has 0 bridgehead atoms. The fourth-order valence-corrected chi connectivity index (χ4v) is 4.18. The van der Waals surface area contributed by atoms with Gasteiger partial charge in [-0.25, -0.2) is 4.39 Å². The number of nitrogens with zero attached hydrogens (tertiary/aromatic N) is 2. The van der Waals surface area contributed by atoms with Crippen LogP contribution in [-0.2, 0) is 11.4 Å². The molecule has 0 aliphatic carbocycles. The van der Waals surface area contributed by atoms with Crippen molar-refractivity contribution in [1.82, 2.24) is 4.90 Å². The van der Waals surface area contributed by atoms with Crippen LogP contribution in [0.2, 0.25) is 10.0 Å². The van der Waals surface area contributed by atoms with Crippen LogP contribution >= 0.6 is 35.4 Å². The topological polar surface area (TPSA) is 32.8 Å². The van der Waals surface area contributed by atoms with E-state index in [1.54, 1.807) is 48.4 Å². The second-order valence-electron chi connectivity index (χ2n) is 7.04. The predicted molar refractivity (Wildman–Crippen MR) is 129 cm³/mol. The van der Waals surface area contributed by atoms with Crippen molar-refractivity contribution in [3.05, 3.63) is 99.4 Å². The maximum Gasteiger partial charge on any atom is 0.281 e. The second kappa shape index (κ2) is 9.28. The second-order valence-corrected chi connectivity index (χ2v) is 8.22. The molecule has 0 radical (unpaired) electrons. The van der Waals surface area contributed by atoms with Gasteiger partial charge >= 0.3 is 0 Å². The normalized spacial score (nSPS) is 15.1. The van der Waals surface area contributed by atoms with Gasteiger partial charge < -0.3 is 9.64 Å². The molecule has 0 unspecified atom stereocenters. The molecule has 1 saturated heterocycles. The summed E-state index contributed by atoms with van der Waals surface area (Å²) in [7, 11) is 1.73. The Bertz CT molecular complexity index is 1210. The van der Waals surface area contributed by atoms with Crippen molar-refractivity contribution in [2.45, 2.75) is 6.61 Å². The fourth-order valence-electron chi connectivity index (χ4n) is 3.29. The Balaban J connectivity index is 1.60. The van der Waals surface area contributed by atoms with Crippen LogP contribution in [0.25, 0.3) is 6.08 Å². The number of benzene rings is 3. The molecule has 32 heavy (non-hydrogen) atoms. The molecule has 1 fully saturated rings. The van der Waals surface area contributed by atoms with Gasteiger partial charge in [-0.2, -0.15) is 0 Å². The van der Waals surface area contributed by atoms with Crippen LogP contribution in [0.4, 0.5) is 10.1 Å². The van der Waals surface area contributed by atoms with E-state index in [4.69, 9.17) is 40.2 Å². The van der Waals surface area contributed by atoms with Gasteiger partial charge in [0.2, 0.25) is 0 Å². The Morgan fingerprint density at radius 2 is 1.66 bits per heavy atom. The van der Waals surface area contributed by atoms with Gasteiger partial charge in [-0.05, 0) is 54.2 Å². The van der Waals surface area contributed by atoms with Crippen molar-refractivity contribution in [1.29, 1.82) is 0 Å². The minimum atomic E-state index is -0.372. The van der Waals surface area contributed by atoms with Crippen LogP contribution < -0.4 is 9.64 Å². The highest BCUT2D eigenvalue weighted by Crippen LogP contribution is 2.36. The lowest BCUT2D eigenvalue weighted by molar-refractivity contribution is -0.114. The maximum absolute atomic E-state index is 13.8. The fraction of sp³-hybridized carbons (Fsp3) is 0.0833. The van der Waals surface area contributed by atoms with Gasteiger partial charge in [-0.15, -0.1) is 0 Å². The number of ether oxygens (including phenoxy) is 1. The Kier molecular flexibility index (Phi) is 6.46. The quantitative estimate of drug-likeness (QED) is 0.312. The number of hydrogen-bond donors (Lipinski definition) is 0. The third kappa shape index (κ3) is 4.35. The Morgan fingerprint density at radius 1 is 1.03 bits per heavy atom. The van der Waals surface area contributed by atoms with Crippen molar-refractivity contribution >= 4 is 58.2 Å². The number of para-hydroxylation sites is 1. The molecule has 0 atom stereocenters. The van der Waals surface area contributed by atoms with Gasteiger partial charge in [0.1, 0.15) is 18.1 Å². The Labute approximate surface area is 200 Å². The molecule has 1 aliphatic heterocycles. The SMILES string of the molecule is CN1C(=S)N(c2ccccc2)C(=O)/C1=C/c1cc(Cl)c(OCc2ccccc2F)c(Cl)c1. The van der Waals surface area contributed by atoms with Crippen LogP contribution in [0.1, 0.15) is 11.1 Å².